The van der Waals surface area contributed by atoms with Crippen molar-refractivity contribution in [3.05, 3.63) is 40.5 Å². The monoisotopic (exact) mass is 526 g/mol. The van der Waals surface area contributed by atoms with Crippen LogP contribution in [0.2, 0.25) is 0 Å². The Morgan fingerprint density at radius 3 is 2.71 bits per heavy atom. The number of carbonyl (C=O) groups is 1. The summed E-state index contributed by atoms with van der Waals surface area (Å²) in [6.07, 6.45) is 5.46. The molecule has 2 N–H and O–H groups in total. The molecule has 0 aromatic carbocycles. The highest BCUT2D eigenvalue weighted by Gasteiger charge is 2.39. The van der Waals surface area contributed by atoms with Crippen LogP contribution in [0.1, 0.15) is 46.1 Å². The maximum absolute atomic E-state index is 14.2. The number of hydroxylamine groups is 3. The number of carbonyl (C=O) groups excluding carboxylic acids is 1. The Morgan fingerprint density at radius 1 is 1.24 bits per heavy atom. The smallest absolute Gasteiger partial charge is 0.410 e. The second-order valence-electron chi connectivity index (χ2n) is 11.8. The van der Waals surface area contributed by atoms with Gasteiger partial charge in [0.1, 0.15) is 30.3 Å². The van der Waals surface area contributed by atoms with E-state index >= 15 is 0 Å². The van der Waals surface area contributed by atoms with Gasteiger partial charge in [-0.05, 0) is 52.3 Å². The third kappa shape index (κ3) is 6.05. The van der Waals surface area contributed by atoms with Crippen molar-refractivity contribution in [1.29, 1.82) is 0 Å². The lowest BCUT2D eigenvalue weighted by Crippen LogP contribution is -2.50. The normalized spacial score (nSPS) is 27.6. The standard InChI is InChI=1S/C27H42N8O3/c1-5-28-25-30-16-21-18-35(37,19-22-7-6-10-34(22)24(21)31-25)17-20-8-9-23(29-15-20)32-11-13-33(14-12-32)26(36)38-27(2,3)4/h8-9,15-16,22,25,28,31H,5-7,10-14,17-19H2,1-4H3/t22?,25-,35?/m0/s1. The molecule has 2 fully saturated rings. The van der Waals surface area contributed by atoms with Gasteiger partial charge in [-0.1, -0.05) is 6.92 Å². The van der Waals surface area contributed by atoms with Gasteiger partial charge in [0.05, 0.1) is 18.2 Å². The van der Waals surface area contributed by atoms with Crippen molar-refractivity contribution < 1.29 is 14.2 Å². The number of hydrogen-bond donors (Lipinski definition) is 2. The molecule has 1 aromatic heterocycles. The molecule has 1 amide bonds. The van der Waals surface area contributed by atoms with Crippen molar-refractivity contribution >= 4 is 18.1 Å². The van der Waals surface area contributed by atoms with Crippen LogP contribution >= 0.6 is 0 Å². The molecule has 4 aliphatic rings. The predicted octanol–water partition coefficient (Wildman–Crippen LogP) is 2.21. The molecule has 0 spiro atoms. The second-order valence-corrected chi connectivity index (χ2v) is 11.8. The number of nitrogens with one attached hydrogen (secondary N) is 2. The van der Waals surface area contributed by atoms with Crippen molar-refractivity contribution in [1.82, 2.24) is 25.4 Å². The first-order valence-electron chi connectivity index (χ1n) is 13.9. The average molecular weight is 527 g/mol. The van der Waals surface area contributed by atoms with Crippen LogP contribution in [0.25, 0.3) is 0 Å². The highest BCUT2D eigenvalue weighted by atomic mass is 16.6. The fourth-order valence-corrected chi connectivity index (χ4v) is 5.84. The van der Waals surface area contributed by atoms with Crippen molar-refractivity contribution in [2.75, 3.05) is 57.3 Å². The van der Waals surface area contributed by atoms with Gasteiger partial charge in [-0.25, -0.2) is 9.78 Å². The van der Waals surface area contributed by atoms with Gasteiger partial charge < -0.3 is 34.6 Å². The van der Waals surface area contributed by atoms with E-state index in [0.717, 1.165) is 48.7 Å². The maximum atomic E-state index is 14.2. The summed E-state index contributed by atoms with van der Waals surface area (Å²) in [5.74, 6) is 1.94. The van der Waals surface area contributed by atoms with Gasteiger partial charge in [0.25, 0.3) is 0 Å². The molecule has 0 saturated carbocycles. The highest BCUT2D eigenvalue weighted by molar-refractivity contribution is 5.81. The van der Waals surface area contributed by atoms with E-state index in [4.69, 9.17) is 9.72 Å². The van der Waals surface area contributed by atoms with Crippen LogP contribution in [0.5, 0.6) is 0 Å². The number of hydrogen-bond acceptors (Lipinski definition) is 9. The first-order chi connectivity index (χ1) is 18.1. The Balaban J connectivity index is 1.22. The van der Waals surface area contributed by atoms with E-state index in [1.54, 1.807) is 4.90 Å². The lowest BCUT2D eigenvalue weighted by atomic mass is 10.1. The lowest BCUT2D eigenvalue weighted by molar-refractivity contribution is -0.890. The molecule has 5 rings (SSSR count). The van der Waals surface area contributed by atoms with E-state index in [0.29, 0.717) is 45.8 Å². The quantitative estimate of drug-likeness (QED) is 0.444. The van der Waals surface area contributed by atoms with Crippen LogP contribution in [0, 0.1) is 5.21 Å². The van der Waals surface area contributed by atoms with Crippen LogP contribution < -0.4 is 15.5 Å². The molecule has 0 aliphatic carbocycles. The largest absolute Gasteiger partial charge is 0.632 e. The Bertz CT molecular complexity index is 1060. The summed E-state index contributed by atoms with van der Waals surface area (Å²) in [4.78, 5) is 28.0. The third-order valence-electron chi connectivity index (χ3n) is 7.56. The number of rotatable bonds is 5. The molecule has 4 aliphatic heterocycles. The summed E-state index contributed by atoms with van der Waals surface area (Å²) in [6.45, 7) is 13.4. The Labute approximate surface area is 225 Å². The molecule has 208 valence electrons. The fourth-order valence-electron chi connectivity index (χ4n) is 5.84. The topological polar surface area (TPSA) is 108 Å². The molecule has 2 unspecified atom stereocenters. The molecule has 0 bridgehead atoms. The Hall–Kier alpha value is -2.89. The Kier molecular flexibility index (Phi) is 7.52. The van der Waals surface area contributed by atoms with E-state index in [2.05, 4.69) is 32.3 Å². The number of pyridine rings is 1. The number of anilines is 1. The number of ether oxygens (including phenoxy) is 1. The van der Waals surface area contributed by atoms with Gasteiger partial charge in [-0.2, -0.15) is 0 Å². The predicted molar refractivity (Wildman–Crippen MR) is 147 cm³/mol. The van der Waals surface area contributed by atoms with Gasteiger partial charge in [0.2, 0.25) is 0 Å². The van der Waals surface area contributed by atoms with E-state index in [-0.39, 0.29) is 23.1 Å². The first-order valence-corrected chi connectivity index (χ1v) is 13.9. The fraction of sp³-hybridized carbons (Fsp3) is 0.667. The molecule has 5 heterocycles. The number of fused-ring (bicyclic) bond motifs is 2. The summed E-state index contributed by atoms with van der Waals surface area (Å²) in [7, 11) is 0. The molecule has 11 heteroatoms. The van der Waals surface area contributed by atoms with Crippen LogP contribution in [-0.2, 0) is 11.3 Å². The summed E-state index contributed by atoms with van der Waals surface area (Å²) in [5, 5.41) is 21.1. The summed E-state index contributed by atoms with van der Waals surface area (Å²) in [5.41, 5.74) is 1.44. The summed E-state index contributed by atoms with van der Waals surface area (Å²) < 4.78 is 5.19. The minimum absolute atomic E-state index is 0.144. The molecule has 38 heavy (non-hydrogen) atoms. The zero-order valence-electron chi connectivity index (χ0n) is 23.2. The number of amides is 1. The molecule has 2 saturated heterocycles. The highest BCUT2D eigenvalue weighted by Crippen LogP contribution is 2.32. The third-order valence-corrected chi connectivity index (χ3v) is 7.56. The zero-order chi connectivity index (χ0) is 26.9. The SMILES string of the molecule is CCN[C@H]1N=CC2=C(N1)N1CCCC1C[N+]([O-])(Cc1ccc(N3CCN(C(=O)OC(C)(C)C)CC3)nc1)C2. The summed E-state index contributed by atoms with van der Waals surface area (Å²) >= 11 is 0. The summed E-state index contributed by atoms with van der Waals surface area (Å²) in [6, 6.07) is 4.26. The van der Waals surface area contributed by atoms with Crippen molar-refractivity contribution in [2.45, 2.75) is 65.0 Å². The van der Waals surface area contributed by atoms with Crippen molar-refractivity contribution in [3.8, 4) is 0 Å². The molecule has 11 nitrogen and oxygen atoms in total. The molecular formula is C27H42N8O3. The minimum Gasteiger partial charge on any atom is -0.632 e. The van der Waals surface area contributed by atoms with Gasteiger partial charge in [0, 0.05) is 50.7 Å². The molecule has 0 radical (unpaired) electrons. The van der Waals surface area contributed by atoms with Crippen LogP contribution in [0.15, 0.2) is 34.7 Å². The number of quaternary nitrogens is 1. The molecular weight excluding hydrogens is 484 g/mol. The van der Waals surface area contributed by atoms with Crippen LogP contribution in [0.4, 0.5) is 10.6 Å². The van der Waals surface area contributed by atoms with Crippen molar-refractivity contribution in [2.24, 2.45) is 4.99 Å². The van der Waals surface area contributed by atoms with E-state index in [1.807, 2.05) is 45.3 Å². The Morgan fingerprint density at radius 2 is 2.03 bits per heavy atom. The van der Waals surface area contributed by atoms with E-state index in [1.165, 1.54) is 0 Å². The first kappa shape index (κ1) is 26.7. The average Bonchev–Trinajstić information content (AvgIpc) is 3.27. The second kappa shape index (κ2) is 10.7. The van der Waals surface area contributed by atoms with E-state index < -0.39 is 5.60 Å². The van der Waals surface area contributed by atoms with Gasteiger partial charge in [0.15, 0.2) is 6.29 Å². The zero-order valence-corrected chi connectivity index (χ0v) is 23.2. The minimum atomic E-state index is -0.497. The van der Waals surface area contributed by atoms with Gasteiger partial charge >= 0.3 is 6.09 Å². The number of nitrogens with zero attached hydrogens (tertiary/aromatic N) is 6. The van der Waals surface area contributed by atoms with E-state index in [9.17, 15) is 10.0 Å². The van der Waals surface area contributed by atoms with Gasteiger partial charge in [-0.3, -0.25) is 10.3 Å². The van der Waals surface area contributed by atoms with Crippen LogP contribution in [0.3, 0.4) is 0 Å². The molecule has 1 aromatic rings. The maximum Gasteiger partial charge on any atom is 0.410 e. The number of piperazine rings is 1. The lowest BCUT2D eigenvalue weighted by Gasteiger charge is -2.43. The van der Waals surface area contributed by atoms with Gasteiger partial charge in [-0.15, -0.1) is 0 Å². The number of aromatic nitrogens is 1. The van der Waals surface area contributed by atoms with Crippen LogP contribution in [-0.4, -0.2) is 102 Å². The molecule has 3 atom stereocenters. The van der Waals surface area contributed by atoms with Crippen molar-refractivity contribution in [3.63, 3.8) is 0 Å². The number of aliphatic imine (C=N–C) groups is 1.